The highest BCUT2D eigenvalue weighted by atomic mass is 19.1. The Labute approximate surface area is 85.7 Å². The Bertz CT molecular complexity index is 382. The molecule has 0 saturated carbocycles. The van der Waals surface area contributed by atoms with Crippen LogP contribution in [0.15, 0.2) is 6.07 Å². The van der Waals surface area contributed by atoms with Crippen molar-refractivity contribution < 1.29 is 18.4 Å². The van der Waals surface area contributed by atoms with Gasteiger partial charge in [-0.25, -0.2) is 14.7 Å². The molecule has 0 amide bonds. The second-order valence-electron chi connectivity index (χ2n) is 3.35. The lowest BCUT2D eigenvalue weighted by Crippen LogP contribution is -2.07. The number of nitrogens with two attached hydrogens (primary N) is 1. The molecule has 1 aliphatic rings. The summed E-state index contributed by atoms with van der Waals surface area (Å²) in [6.45, 7) is 0.574. The molecule has 0 unspecified atom stereocenters. The van der Waals surface area contributed by atoms with Crippen molar-refractivity contribution in [2.75, 3.05) is 13.2 Å². The van der Waals surface area contributed by atoms with Gasteiger partial charge in [-0.2, -0.15) is 0 Å². The van der Waals surface area contributed by atoms with E-state index >= 15 is 0 Å². The van der Waals surface area contributed by atoms with Gasteiger partial charge >= 0.3 is 0 Å². The lowest BCUT2D eigenvalue weighted by molar-refractivity contribution is 0.140. The van der Waals surface area contributed by atoms with Crippen molar-refractivity contribution in [1.82, 2.24) is 0 Å². The molecule has 1 heterocycles. The highest BCUT2D eigenvalue weighted by Crippen LogP contribution is 2.33. The molecule has 0 aliphatic carbocycles. The van der Waals surface area contributed by atoms with Crippen LogP contribution in [0.1, 0.15) is 11.1 Å². The Hall–Kier alpha value is -1.20. The predicted molar refractivity (Wildman–Crippen MR) is 49.4 cm³/mol. The minimum absolute atomic E-state index is 0.179. The highest BCUT2D eigenvalue weighted by Gasteiger charge is 2.23. The first-order chi connectivity index (χ1) is 7.24. The third-order valence-electron chi connectivity index (χ3n) is 2.45. The van der Waals surface area contributed by atoms with Gasteiger partial charge in [0.25, 0.3) is 0 Å². The minimum Gasteiger partial charge on any atom is -0.492 e. The van der Waals surface area contributed by atoms with Gasteiger partial charge in [0.05, 0.1) is 13.2 Å². The Morgan fingerprint density at radius 1 is 1.40 bits per heavy atom. The largest absolute Gasteiger partial charge is 0.492 e. The molecule has 0 spiro atoms. The zero-order valence-corrected chi connectivity index (χ0v) is 8.06. The van der Waals surface area contributed by atoms with Crippen LogP contribution in [0.3, 0.4) is 0 Å². The van der Waals surface area contributed by atoms with Crippen molar-refractivity contribution in [2.45, 2.75) is 12.8 Å². The van der Waals surface area contributed by atoms with E-state index in [0.717, 1.165) is 6.07 Å². The van der Waals surface area contributed by atoms with Gasteiger partial charge in [0.2, 0.25) is 0 Å². The van der Waals surface area contributed by atoms with Crippen LogP contribution in [0.2, 0.25) is 0 Å². The fourth-order valence-corrected chi connectivity index (χ4v) is 1.74. The smallest absolute Gasteiger partial charge is 0.133 e. The molecule has 1 aromatic rings. The molecule has 2 rings (SSSR count). The van der Waals surface area contributed by atoms with E-state index in [4.69, 9.17) is 10.6 Å². The summed E-state index contributed by atoms with van der Waals surface area (Å²) in [4.78, 5) is 4.37. The van der Waals surface area contributed by atoms with Crippen LogP contribution in [0.4, 0.5) is 8.78 Å². The molecule has 0 bridgehead atoms. The summed E-state index contributed by atoms with van der Waals surface area (Å²) in [6.07, 6.45) is 0.767. The maximum atomic E-state index is 13.4. The topological polar surface area (TPSA) is 44.5 Å². The Morgan fingerprint density at radius 3 is 2.93 bits per heavy atom. The van der Waals surface area contributed by atoms with E-state index in [1.54, 1.807) is 0 Å². The van der Waals surface area contributed by atoms with Gasteiger partial charge in [-0.3, -0.25) is 0 Å². The van der Waals surface area contributed by atoms with Crippen LogP contribution >= 0.6 is 0 Å². The van der Waals surface area contributed by atoms with Gasteiger partial charge in [0.15, 0.2) is 0 Å². The van der Waals surface area contributed by atoms with Crippen LogP contribution < -0.4 is 10.6 Å². The molecule has 82 valence electrons. The molecule has 0 fully saturated rings. The SMILES string of the molecule is NOCCc1c(F)cc(F)c2c1OCC2. The number of ether oxygens (including phenoxy) is 1. The van der Waals surface area contributed by atoms with E-state index in [1.165, 1.54) is 0 Å². The zero-order valence-electron chi connectivity index (χ0n) is 8.06. The van der Waals surface area contributed by atoms with Crippen LogP contribution in [-0.4, -0.2) is 13.2 Å². The molecule has 1 aliphatic heterocycles. The van der Waals surface area contributed by atoms with E-state index < -0.39 is 11.6 Å². The van der Waals surface area contributed by atoms with Gasteiger partial charge in [-0.15, -0.1) is 0 Å². The Kier molecular flexibility index (Phi) is 2.83. The third kappa shape index (κ3) is 1.80. The first kappa shape index (κ1) is 10.3. The van der Waals surface area contributed by atoms with Gasteiger partial charge in [-0.05, 0) is 0 Å². The molecule has 0 radical (unpaired) electrons. The van der Waals surface area contributed by atoms with Crippen molar-refractivity contribution in [3.05, 3.63) is 28.8 Å². The average molecular weight is 215 g/mol. The summed E-state index contributed by atoms with van der Waals surface area (Å²) in [7, 11) is 0. The third-order valence-corrected chi connectivity index (χ3v) is 2.45. The van der Waals surface area contributed by atoms with E-state index in [9.17, 15) is 8.78 Å². The molecule has 0 atom stereocenters. The van der Waals surface area contributed by atoms with Crippen molar-refractivity contribution >= 4 is 0 Å². The van der Waals surface area contributed by atoms with Gasteiger partial charge in [-0.1, -0.05) is 0 Å². The Morgan fingerprint density at radius 2 is 2.20 bits per heavy atom. The predicted octanol–water partition coefficient (Wildman–Crippen LogP) is 1.33. The van der Waals surface area contributed by atoms with Crippen molar-refractivity contribution in [1.29, 1.82) is 0 Å². The number of fused-ring (bicyclic) bond motifs is 1. The fraction of sp³-hybridized carbons (Fsp3) is 0.400. The van der Waals surface area contributed by atoms with E-state index in [2.05, 4.69) is 4.84 Å². The molecule has 2 N–H and O–H groups in total. The molecular weight excluding hydrogens is 204 g/mol. The average Bonchev–Trinajstić information content (AvgIpc) is 2.66. The van der Waals surface area contributed by atoms with Gasteiger partial charge in [0, 0.05) is 30.0 Å². The number of halogens is 2. The van der Waals surface area contributed by atoms with Crippen LogP contribution in [0.5, 0.6) is 5.75 Å². The van der Waals surface area contributed by atoms with Crippen LogP contribution in [0.25, 0.3) is 0 Å². The van der Waals surface area contributed by atoms with Crippen molar-refractivity contribution in [3.8, 4) is 5.75 Å². The lowest BCUT2D eigenvalue weighted by atomic mass is 10.0. The first-order valence-electron chi connectivity index (χ1n) is 4.68. The normalized spacial score (nSPS) is 13.8. The highest BCUT2D eigenvalue weighted by molar-refractivity contribution is 5.45. The van der Waals surface area contributed by atoms with Crippen LogP contribution in [-0.2, 0) is 17.7 Å². The summed E-state index contributed by atoms with van der Waals surface area (Å²) < 4.78 is 31.9. The summed E-state index contributed by atoms with van der Waals surface area (Å²) >= 11 is 0. The minimum atomic E-state index is -0.606. The van der Waals surface area contributed by atoms with Crippen molar-refractivity contribution in [2.24, 2.45) is 5.90 Å². The monoisotopic (exact) mass is 215 g/mol. The number of rotatable bonds is 3. The summed E-state index contributed by atoms with van der Waals surface area (Å²) in [6, 6.07) is 0.888. The molecule has 3 nitrogen and oxygen atoms in total. The number of hydrogen-bond acceptors (Lipinski definition) is 3. The lowest BCUT2D eigenvalue weighted by Gasteiger charge is -2.09. The molecule has 5 heteroatoms. The Balaban J connectivity index is 2.40. The molecule has 0 aromatic heterocycles. The summed E-state index contributed by atoms with van der Waals surface area (Å²) in [5.41, 5.74) is 0.790. The quantitative estimate of drug-likeness (QED) is 0.773. The maximum Gasteiger partial charge on any atom is 0.133 e. The summed E-state index contributed by atoms with van der Waals surface area (Å²) in [5, 5.41) is 0. The molecular formula is C10H11F2NO2. The first-order valence-corrected chi connectivity index (χ1v) is 4.68. The summed E-state index contributed by atoms with van der Waals surface area (Å²) in [5.74, 6) is 4.04. The van der Waals surface area contributed by atoms with Crippen molar-refractivity contribution in [3.63, 3.8) is 0 Å². The zero-order chi connectivity index (χ0) is 10.8. The molecule has 1 aromatic carbocycles. The molecule has 0 saturated heterocycles. The maximum absolute atomic E-state index is 13.4. The van der Waals surface area contributed by atoms with E-state index in [1.807, 2.05) is 0 Å². The van der Waals surface area contributed by atoms with Crippen LogP contribution in [0, 0.1) is 11.6 Å². The fourth-order valence-electron chi connectivity index (χ4n) is 1.74. The second-order valence-corrected chi connectivity index (χ2v) is 3.35. The van der Waals surface area contributed by atoms with Gasteiger partial charge in [0.1, 0.15) is 17.4 Å². The van der Waals surface area contributed by atoms with Gasteiger partial charge < -0.3 is 9.57 Å². The number of benzene rings is 1. The van der Waals surface area contributed by atoms with E-state index in [0.29, 0.717) is 29.9 Å². The molecule has 15 heavy (non-hydrogen) atoms. The second kappa shape index (κ2) is 4.12. The number of hydrogen-bond donors (Lipinski definition) is 1. The standard InChI is InChI=1S/C10H11F2NO2/c11-8-5-9(12)7(2-4-15-13)10-6(8)1-3-14-10/h5H,1-4,13H2. The van der Waals surface area contributed by atoms with E-state index in [-0.39, 0.29) is 13.0 Å².